The first-order valence-corrected chi connectivity index (χ1v) is 17.7. The van der Waals surface area contributed by atoms with Crippen molar-refractivity contribution in [3.8, 4) is 0 Å². The minimum absolute atomic E-state index is 0.258. The van der Waals surface area contributed by atoms with Crippen molar-refractivity contribution in [1.29, 1.82) is 0 Å². The third-order valence-electron chi connectivity index (χ3n) is 8.56. The van der Waals surface area contributed by atoms with Crippen LogP contribution in [0.3, 0.4) is 0 Å². The summed E-state index contributed by atoms with van der Waals surface area (Å²) in [7, 11) is -1.88. The minimum atomic E-state index is -1.88. The van der Waals surface area contributed by atoms with E-state index in [-0.39, 0.29) is 11.1 Å². The van der Waals surface area contributed by atoms with E-state index in [1.54, 1.807) is 0 Å². The molecule has 0 aromatic carbocycles. The number of hydrogen-bond acceptors (Lipinski definition) is 4. The van der Waals surface area contributed by atoms with Crippen LogP contribution in [0.25, 0.3) is 0 Å². The fourth-order valence-electron chi connectivity index (χ4n) is 5.36. The van der Waals surface area contributed by atoms with Crippen LogP contribution in [0.5, 0.6) is 0 Å². The molecule has 0 aromatic rings. The Morgan fingerprint density at radius 2 is 1.46 bits per heavy atom. The number of carboxylic acid groups (broad SMARTS) is 1. The molecule has 1 rings (SSSR count). The maximum atomic E-state index is 11.1. The van der Waals surface area contributed by atoms with Gasteiger partial charge < -0.3 is 19.2 Å². The molecular formula is C29H59NO4Si. The molecular weight excluding hydrogens is 454 g/mol. The van der Waals surface area contributed by atoms with Crippen molar-refractivity contribution >= 4 is 14.5 Å². The van der Waals surface area contributed by atoms with E-state index in [9.17, 15) is 4.79 Å². The average Bonchev–Trinajstić information content (AvgIpc) is 2.75. The predicted molar refractivity (Wildman–Crippen MR) is 151 cm³/mol. The summed E-state index contributed by atoms with van der Waals surface area (Å²) >= 11 is 0. The van der Waals surface area contributed by atoms with E-state index in [2.05, 4.69) is 45.7 Å². The van der Waals surface area contributed by atoms with Crippen LogP contribution in [0, 0.1) is 0 Å². The molecule has 1 fully saturated rings. The summed E-state index contributed by atoms with van der Waals surface area (Å²) in [5.41, 5.74) is -0.549. The maximum absolute atomic E-state index is 11.1. The Morgan fingerprint density at radius 1 is 0.943 bits per heavy atom. The van der Waals surface area contributed by atoms with Crippen molar-refractivity contribution in [2.75, 3.05) is 19.6 Å². The van der Waals surface area contributed by atoms with E-state index in [0.29, 0.717) is 0 Å². The highest BCUT2D eigenvalue weighted by atomic mass is 28.4. The molecule has 1 N–H and O–H groups in total. The van der Waals surface area contributed by atoms with Crippen molar-refractivity contribution in [2.45, 2.75) is 161 Å². The topological polar surface area (TPSA) is 59.0 Å². The van der Waals surface area contributed by atoms with Crippen LogP contribution in [-0.4, -0.2) is 55.8 Å². The lowest BCUT2D eigenvalue weighted by molar-refractivity contribution is -0.0491. The highest BCUT2D eigenvalue weighted by molar-refractivity contribution is 6.74. The van der Waals surface area contributed by atoms with Gasteiger partial charge >= 0.3 is 6.16 Å². The Hall–Kier alpha value is -0.593. The summed E-state index contributed by atoms with van der Waals surface area (Å²) in [5, 5.41) is 9.32. The zero-order chi connectivity index (χ0) is 26.4. The third-order valence-corrected chi connectivity index (χ3v) is 13.0. The molecule has 1 heterocycles. The summed E-state index contributed by atoms with van der Waals surface area (Å²) < 4.78 is 12.2. The number of piperidine rings is 1. The van der Waals surface area contributed by atoms with Gasteiger partial charge in [0.1, 0.15) is 5.60 Å². The Bertz CT molecular complexity index is 573. The lowest BCUT2D eigenvalue weighted by Gasteiger charge is -2.44. The molecule has 6 heteroatoms. The molecule has 0 radical (unpaired) electrons. The van der Waals surface area contributed by atoms with E-state index < -0.39 is 20.1 Å². The molecule has 35 heavy (non-hydrogen) atoms. The first-order chi connectivity index (χ1) is 16.4. The third kappa shape index (κ3) is 13.0. The van der Waals surface area contributed by atoms with Gasteiger partial charge in [-0.3, -0.25) is 0 Å². The summed E-state index contributed by atoms with van der Waals surface area (Å²) in [6.07, 6.45) is 17.7. The predicted octanol–water partition coefficient (Wildman–Crippen LogP) is 9.02. The highest BCUT2D eigenvalue weighted by Crippen LogP contribution is 2.43. The van der Waals surface area contributed by atoms with E-state index in [1.807, 2.05) is 6.92 Å². The van der Waals surface area contributed by atoms with E-state index in [4.69, 9.17) is 14.3 Å². The second-order valence-corrected chi connectivity index (χ2v) is 17.1. The fourth-order valence-corrected chi connectivity index (χ4v) is 7.56. The quantitative estimate of drug-likeness (QED) is 0.106. The Morgan fingerprint density at radius 3 is 1.94 bits per heavy atom. The van der Waals surface area contributed by atoms with Gasteiger partial charge in [-0.25, -0.2) is 4.79 Å². The van der Waals surface area contributed by atoms with Gasteiger partial charge in [-0.2, -0.15) is 0 Å². The zero-order valence-corrected chi connectivity index (χ0v) is 25.4. The summed E-state index contributed by atoms with van der Waals surface area (Å²) in [6.45, 7) is 18.8. The molecule has 1 unspecified atom stereocenters. The molecule has 0 saturated carbocycles. The molecule has 0 bridgehead atoms. The van der Waals surface area contributed by atoms with Crippen molar-refractivity contribution in [3.05, 3.63) is 0 Å². The van der Waals surface area contributed by atoms with Gasteiger partial charge in [0.25, 0.3) is 0 Å². The number of likely N-dealkylation sites (tertiary alicyclic amines) is 1. The average molecular weight is 514 g/mol. The van der Waals surface area contributed by atoms with Crippen molar-refractivity contribution < 1.29 is 19.1 Å². The van der Waals surface area contributed by atoms with E-state index in [0.717, 1.165) is 38.9 Å². The number of carbonyl (C=O) groups is 1. The number of rotatable bonds is 19. The first-order valence-electron chi connectivity index (χ1n) is 14.8. The Labute approximate surface area is 218 Å². The Balaban J connectivity index is 2.56. The van der Waals surface area contributed by atoms with Crippen LogP contribution < -0.4 is 0 Å². The molecule has 1 aliphatic rings. The van der Waals surface area contributed by atoms with Crippen LogP contribution in [0.2, 0.25) is 18.1 Å². The summed E-state index contributed by atoms with van der Waals surface area (Å²) in [5.74, 6) is 0. The molecule has 1 saturated heterocycles. The molecule has 1 aliphatic heterocycles. The minimum Gasteiger partial charge on any atom is -0.450 e. The van der Waals surface area contributed by atoms with E-state index >= 15 is 0 Å². The van der Waals surface area contributed by atoms with Crippen LogP contribution in [0.1, 0.15) is 131 Å². The van der Waals surface area contributed by atoms with E-state index in [1.165, 1.54) is 77.0 Å². The molecule has 5 nitrogen and oxygen atoms in total. The Kier molecular flexibility index (Phi) is 15.1. The van der Waals surface area contributed by atoms with Crippen molar-refractivity contribution in [3.63, 3.8) is 0 Å². The summed E-state index contributed by atoms with van der Waals surface area (Å²) in [4.78, 5) is 13.5. The smallest absolute Gasteiger partial charge is 0.450 e. The standard InChI is InChI=1S/C29H59NO4Si/c1-8-10-11-12-13-14-15-16-17-18-19-26(34-35(6,7)28(3,4)20-9-2)25-30-23-21-29(5,22-24-30)33-27(31)32/h26H,8-25H2,1-7H3,(H,31,32). The largest absolute Gasteiger partial charge is 0.506 e. The molecule has 208 valence electrons. The van der Waals surface area contributed by atoms with Crippen LogP contribution in [-0.2, 0) is 9.16 Å². The monoisotopic (exact) mass is 513 g/mol. The molecule has 0 spiro atoms. The second kappa shape index (κ2) is 16.3. The van der Waals surface area contributed by atoms with Gasteiger partial charge in [0.2, 0.25) is 0 Å². The molecule has 0 aromatic heterocycles. The number of ether oxygens (including phenoxy) is 1. The molecule has 1 atom stereocenters. The van der Waals surface area contributed by atoms with Crippen molar-refractivity contribution in [1.82, 2.24) is 4.90 Å². The maximum Gasteiger partial charge on any atom is 0.506 e. The summed E-state index contributed by atoms with van der Waals surface area (Å²) in [6, 6.07) is 0. The number of nitrogens with zero attached hydrogens (tertiary/aromatic N) is 1. The lowest BCUT2D eigenvalue weighted by atomic mass is 9.93. The number of hydrogen-bond donors (Lipinski definition) is 1. The lowest BCUT2D eigenvalue weighted by Crippen LogP contribution is -2.51. The zero-order valence-electron chi connectivity index (χ0n) is 24.4. The molecule has 0 amide bonds. The second-order valence-electron chi connectivity index (χ2n) is 12.5. The van der Waals surface area contributed by atoms with Gasteiger partial charge in [0.05, 0.1) is 6.10 Å². The fraction of sp³-hybridized carbons (Fsp3) is 0.966. The number of unbranched alkanes of at least 4 members (excludes halogenated alkanes) is 9. The van der Waals surface area contributed by atoms with Gasteiger partial charge in [-0.05, 0) is 50.7 Å². The molecule has 0 aliphatic carbocycles. The first kappa shape index (κ1) is 32.4. The van der Waals surface area contributed by atoms with Gasteiger partial charge in [0, 0.05) is 19.6 Å². The SMILES string of the molecule is CCCCCCCCCCCCC(CN1CCC(C)(OC(=O)O)CC1)O[Si](C)(C)C(C)(C)CCC. The van der Waals surface area contributed by atoms with Crippen molar-refractivity contribution in [2.24, 2.45) is 0 Å². The normalized spacial score (nSPS) is 17.9. The van der Waals surface area contributed by atoms with Gasteiger partial charge in [0.15, 0.2) is 8.32 Å². The van der Waals surface area contributed by atoms with Crippen LogP contribution >= 0.6 is 0 Å². The van der Waals surface area contributed by atoms with Gasteiger partial charge in [-0.15, -0.1) is 0 Å². The van der Waals surface area contributed by atoms with Gasteiger partial charge in [-0.1, -0.05) is 98.3 Å². The highest BCUT2D eigenvalue weighted by Gasteiger charge is 2.42. The van der Waals surface area contributed by atoms with Crippen LogP contribution in [0.15, 0.2) is 0 Å². The van der Waals surface area contributed by atoms with Crippen LogP contribution in [0.4, 0.5) is 4.79 Å².